The maximum Gasteiger partial charge on any atom is 0.0837 e. The first kappa shape index (κ1) is 13.2. The first-order chi connectivity index (χ1) is 7.29. The van der Waals surface area contributed by atoms with Crippen LogP contribution >= 0.6 is 0 Å². The van der Waals surface area contributed by atoms with Crippen LogP contribution in [0.2, 0.25) is 0 Å². The summed E-state index contributed by atoms with van der Waals surface area (Å²) in [6.45, 7) is 12.8. The molecule has 3 heteroatoms. The fourth-order valence-electron chi connectivity index (χ4n) is 1.89. The number of aliphatic hydroxyl groups is 1. The van der Waals surface area contributed by atoms with Gasteiger partial charge in [-0.3, -0.25) is 4.68 Å². The van der Waals surface area contributed by atoms with Gasteiger partial charge in [0.2, 0.25) is 0 Å². The number of hydrogen-bond donors (Lipinski definition) is 1. The molecule has 0 fully saturated rings. The Hall–Kier alpha value is -0.830. The highest BCUT2D eigenvalue weighted by Crippen LogP contribution is 2.21. The van der Waals surface area contributed by atoms with Crippen LogP contribution in [0.15, 0.2) is 0 Å². The first-order valence-corrected chi connectivity index (χ1v) is 6.04. The highest BCUT2D eigenvalue weighted by atomic mass is 16.3. The zero-order chi connectivity index (χ0) is 12.5. The highest BCUT2D eigenvalue weighted by molar-refractivity contribution is 5.24. The monoisotopic (exact) mass is 224 g/mol. The van der Waals surface area contributed by atoms with Gasteiger partial charge in [-0.1, -0.05) is 20.8 Å². The molecule has 0 saturated carbocycles. The Balaban J connectivity index is 2.99. The molecular formula is C13H24N2O. The molecule has 1 aromatic rings. The first-order valence-electron chi connectivity index (χ1n) is 6.04. The van der Waals surface area contributed by atoms with Gasteiger partial charge in [-0.05, 0) is 38.7 Å². The molecule has 0 bridgehead atoms. The van der Waals surface area contributed by atoms with Gasteiger partial charge in [0, 0.05) is 5.69 Å². The third-order valence-corrected chi connectivity index (χ3v) is 3.60. The van der Waals surface area contributed by atoms with E-state index in [9.17, 15) is 5.11 Å². The van der Waals surface area contributed by atoms with Gasteiger partial charge < -0.3 is 5.11 Å². The molecule has 0 aromatic carbocycles. The Morgan fingerprint density at radius 1 is 1.38 bits per heavy atom. The largest absolute Gasteiger partial charge is 0.388 e. The van der Waals surface area contributed by atoms with E-state index in [1.54, 1.807) is 0 Å². The van der Waals surface area contributed by atoms with Crippen molar-refractivity contribution >= 4 is 0 Å². The van der Waals surface area contributed by atoms with Gasteiger partial charge in [0.1, 0.15) is 0 Å². The minimum absolute atomic E-state index is 0.224. The number of hydrogen-bond acceptors (Lipinski definition) is 2. The molecule has 1 aromatic heterocycles. The Morgan fingerprint density at radius 3 is 2.31 bits per heavy atom. The maximum absolute atomic E-state index is 10.3. The molecule has 0 radical (unpaired) electrons. The van der Waals surface area contributed by atoms with Crippen LogP contribution in [0.4, 0.5) is 0 Å². The van der Waals surface area contributed by atoms with Gasteiger partial charge in [-0.15, -0.1) is 0 Å². The lowest BCUT2D eigenvalue weighted by atomic mass is 9.92. The molecule has 1 heterocycles. The third kappa shape index (κ3) is 2.46. The molecule has 0 aliphatic rings. The summed E-state index contributed by atoms with van der Waals surface area (Å²) in [7, 11) is 0. The van der Waals surface area contributed by atoms with Crippen molar-refractivity contribution < 1.29 is 5.11 Å². The van der Waals surface area contributed by atoms with Crippen molar-refractivity contribution in [1.82, 2.24) is 9.78 Å². The minimum atomic E-state index is -0.700. The van der Waals surface area contributed by atoms with Crippen LogP contribution in [-0.2, 0) is 13.0 Å². The van der Waals surface area contributed by atoms with E-state index in [1.807, 2.05) is 32.4 Å². The normalized spacial score (nSPS) is 15.5. The molecule has 0 aliphatic carbocycles. The predicted molar refractivity (Wildman–Crippen MR) is 66.5 cm³/mol. The SMILES string of the molecule is CCc1c(C)nn(CC(C)(O)C(C)C)c1C. The topological polar surface area (TPSA) is 38.0 Å². The molecule has 1 N–H and O–H groups in total. The van der Waals surface area contributed by atoms with E-state index in [0.717, 1.165) is 12.1 Å². The van der Waals surface area contributed by atoms with Crippen molar-refractivity contribution in [2.24, 2.45) is 5.92 Å². The van der Waals surface area contributed by atoms with Crippen LogP contribution in [0, 0.1) is 19.8 Å². The van der Waals surface area contributed by atoms with Crippen molar-refractivity contribution in [1.29, 1.82) is 0 Å². The second-order valence-corrected chi connectivity index (χ2v) is 5.17. The van der Waals surface area contributed by atoms with Crippen LogP contribution in [0.25, 0.3) is 0 Å². The van der Waals surface area contributed by atoms with Crippen LogP contribution in [0.5, 0.6) is 0 Å². The summed E-state index contributed by atoms with van der Waals surface area (Å²) in [6, 6.07) is 0. The summed E-state index contributed by atoms with van der Waals surface area (Å²) in [5.74, 6) is 0.224. The second kappa shape index (κ2) is 4.58. The fraction of sp³-hybridized carbons (Fsp3) is 0.769. The number of nitrogens with zero attached hydrogens (tertiary/aromatic N) is 2. The molecule has 16 heavy (non-hydrogen) atoms. The number of aryl methyl sites for hydroxylation is 1. The lowest BCUT2D eigenvalue weighted by molar-refractivity contribution is -0.00625. The van der Waals surface area contributed by atoms with Crippen LogP contribution in [0.3, 0.4) is 0 Å². The summed E-state index contributed by atoms with van der Waals surface area (Å²) in [4.78, 5) is 0. The second-order valence-electron chi connectivity index (χ2n) is 5.17. The number of aromatic nitrogens is 2. The van der Waals surface area contributed by atoms with Crippen molar-refractivity contribution in [3.8, 4) is 0 Å². The van der Waals surface area contributed by atoms with Gasteiger partial charge >= 0.3 is 0 Å². The molecule has 1 rings (SSSR count). The van der Waals surface area contributed by atoms with Crippen molar-refractivity contribution in [3.63, 3.8) is 0 Å². The van der Waals surface area contributed by atoms with E-state index in [2.05, 4.69) is 18.9 Å². The maximum atomic E-state index is 10.3. The van der Waals surface area contributed by atoms with Gasteiger partial charge in [0.05, 0.1) is 17.8 Å². The molecule has 0 aliphatic heterocycles. The third-order valence-electron chi connectivity index (χ3n) is 3.60. The smallest absolute Gasteiger partial charge is 0.0837 e. The van der Waals surface area contributed by atoms with Crippen molar-refractivity contribution in [3.05, 3.63) is 17.0 Å². The Labute approximate surface area is 98.5 Å². The molecule has 92 valence electrons. The highest BCUT2D eigenvalue weighted by Gasteiger charge is 2.27. The summed E-state index contributed by atoms with van der Waals surface area (Å²) in [6.07, 6.45) is 1.00. The van der Waals surface area contributed by atoms with E-state index < -0.39 is 5.60 Å². The van der Waals surface area contributed by atoms with E-state index in [4.69, 9.17) is 0 Å². The molecule has 1 unspecified atom stereocenters. The minimum Gasteiger partial charge on any atom is -0.388 e. The van der Waals surface area contributed by atoms with E-state index >= 15 is 0 Å². The van der Waals surface area contributed by atoms with Crippen molar-refractivity contribution in [2.75, 3.05) is 0 Å². The van der Waals surface area contributed by atoms with Crippen LogP contribution in [0.1, 0.15) is 44.6 Å². The Bertz CT molecular complexity index is 364. The average molecular weight is 224 g/mol. The number of rotatable bonds is 4. The molecule has 3 nitrogen and oxygen atoms in total. The molecule has 1 atom stereocenters. The summed E-state index contributed by atoms with van der Waals surface area (Å²) >= 11 is 0. The van der Waals surface area contributed by atoms with Crippen molar-refractivity contribution in [2.45, 2.75) is 60.1 Å². The molecular weight excluding hydrogens is 200 g/mol. The summed E-state index contributed by atoms with van der Waals surface area (Å²) in [5, 5.41) is 14.8. The quantitative estimate of drug-likeness (QED) is 0.853. The van der Waals surface area contributed by atoms with Crippen LogP contribution < -0.4 is 0 Å². The summed E-state index contributed by atoms with van der Waals surface area (Å²) < 4.78 is 1.94. The molecule has 0 spiro atoms. The van der Waals surface area contributed by atoms with E-state index in [1.165, 1.54) is 11.3 Å². The zero-order valence-electron chi connectivity index (χ0n) is 11.3. The lowest BCUT2D eigenvalue weighted by Crippen LogP contribution is -2.36. The van der Waals surface area contributed by atoms with Gasteiger partial charge in [-0.2, -0.15) is 5.10 Å². The average Bonchev–Trinajstić information content (AvgIpc) is 2.41. The Kier molecular flexibility index (Phi) is 3.79. The van der Waals surface area contributed by atoms with Gasteiger partial charge in [0.15, 0.2) is 0 Å². The predicted octanol–water partition coefficient (Wildman–Crippen LogP) is 2.47. The summed E-state index contributed by atoms with van der Waals surface area (Å²) in [5.41, 5.74) is 2.87. The van der Waals surface area contributed by atoms with E-state index in [-0.39, 0.29) is 5.92 Å². The molecule has 0 saturated heterocycles. The van der Waals surface area contributed by atoms with E-state index in [0.29, 0.717) is 6.54 Å². The Morgan fingerprint density at radius 2 is 1.94 bits per heavy atom. The molecule has 0 amide bonds. The zero-order valence-corrected chi connectivity index (χ0v) is 11.3. The fourth-order valence-corrected chi connectivity index (χ4v) is 1.89. The van der Waals surface area contributed by atoms with Gasteiger partial charge in [0.25, 0.3) is 0 Å². The van der Waals surface area contributed by atoms with Gasteiger partial charge in [-0.25, -0.2) is 0 Å². The lowest BCUT2D eigenvalue weighted by Gasteiger charge is -2.28. The standard InChI is InChI=1S/C13H24N2O/c1-7-12-10(4)14-15(11(12)5)8-13(6,16)9(2)3/h9,16H,7-8H2,1-6H3. The van der Waals surface area contributed by atoms with Crippen LogP contribution in [-0.4, -0.2) is 20.5 Å².